The number of unbranched alkanes of at least 4 members (excludes halogenated alkanes) is 2. The number of carbonyl (C=O) groups excluding carboxylic acids is 2. The third-order valence-corrected chi connectivity index (χ3v) is 5.98. The van der Waals surface area contributed by atoms with Crippen LogP contribution in [0.2, 0.25) is 0 Å². The largest absolute Gasteiger partial charge is 0.496 e. The second kappa shape index (κ2) is 14.7. The van der Waals surface area contributed by atoms with E-state index >= 15 is 0 Å². The fourth-order valence-corrected chi connectivity index (χ4v) is 3.97. The third kappa shape index (κ3) is 8.65. The van der Waals surface area contributed by atoms with Crippen LogP contribution in [-0.2, 0) is 9.59 Å². The zero-order valence-electron chi connectivity index (χ0n) is 20.2. The van der Waals surface area contributed by atoms with Gasteiger partial charge in [-0.25, -0.2) is 0 Å². The highest BCUT2D eigenvalue weighted by atomic mass is 16.5. The molecule has 1 fully saturated rings. The van der Waals surface area contributed by atoms with Crippen molar-refractivity contribution in [3.05, 3.63) is 35.9 Å². The van der Waals surface area contributed by atoms with E-state index in [9.17, 15) is 9.59 Å². The average Bonchev–Trinajstić information content (AvgIpc) is 2.82. The molecule has 1 saturated heterocycles. The first-order valence-corrected chi connectivity index (χ1v) is 12.2. The molecule has 178 valence electrons. The number of ether oxygens (including phenoxy) is 1. The smallest absolute Gasteiger partial charge is 0.222 e. The lowest BCUT2D eigenvalue weighted by Gasteiger charge is -2.35. The maximum atomic E-state index is 12.9. The molecule has 6 nitrogen and oxygen atoms in total. The van der Waals surface area contributed by atoms with E-state index < -0.39 is 0 Å². The molecular weight excluding hydrogens is 402 g/mol. The summed E-state index contributed by atoms with van der Waals surface area (Å²) < 4.78 is 5.42. The predicted octanol–water partition coefficient (Wildman–Crippen LogP) is 4.06. The summed E-state index contributed by atoms with van der Waals surface area (Å²) in [4.78, 5) is 31.3. The standard InChI is InChI=1S/C26H41N3O3/c1-4-6-7-15-26(31)28(16-10-13-23-12-8-9-14-24(23)32-3)20-17-27-18-21-29(22-19-27)25(30)11-5-2/h8-10,12-14H,4-7,11,15-22H2,1-3H3/b13-10+. The molecule has 0 aromatic heterocycles. The summed E-state index contributed by atoms with van der Waals surface area (Å²) in [5.74, 6) is 1.32. The van der Waals surface area contributed by atoms with Gasteiger partial charge in [0.1, 0.15) is 5.75 Å². The van der Waals surface area contributed by atoms with Crippen LogP contribution in [0, 0.1) is 0 Å². The van der Waals surface area contributed by atoms with E-state index in [0.717, 1.165) is 69.7 Å². The summed E-state index contributed by atoms with van der Waals surface area (Å²) in [7, 11) is 1.67. The molecule has 6 heteroatoms. The van der Waals surface area contributed by atoms with E-state index in [-0.39, 0.29) is 11.8 Å². The van der Waals surface area contributed by atoms with Gasteiger partial charge in [0, 0.05) is 64.2 Å². The number of piperazine rings is 1. The maximum Gasteiger partial charge on any atom is 0.222 e. The van der Waals surface area contributed by atoms with Gasteiger partial charge in [-0.3, -0.25) is 14.5 Å². The zero-order valence-corrected chi connectivity index (χ0v) is 20.2. The first-order chi connectivity index (χ1) is 15.6. The SMILES string of the molecule is CCCCCC(=O)N(C/C=C/c1ccccc1OC)CCN1CCN(C(=O)CCC)CC1. The van der Waals surface area contributed by atoms with Crippen LogP contribution in [0.1, 0.15) is 57.9 Å². The Bertz CT molecular complexity index is 727. The van der Waals surface area contributed by atoms with Crippen molar-refractivity contribution in [2.75, 3.05) is 52.9 Å². The van der Waals surface area contributed by atoms with Crippen molar-refractivity contribution in [3.63, 3.8) is 0 Å². The molecule has 0 N–H and O–H groups in total. The fourth-order valence-electron chi connectivity index (χ4n) is 3.97. The van der Waals surface area contributed by atoms with Gasteiger partial charge in [-0.05, 0) is 18.9 Å². The first kappa shape index (κ1) is 25.9. The number of rotatable bonds is 13. The minimum absolute atomic E-state index is 0.222. The van der Waals surface area contributed by atoms with Gasteiger partial charge in [-0.15, -0.1) is 0 Å². The molecule has 2 amide bonds. The Morgan fingerprint density at radius 3 is 2.47 bits per heavy atom. The topological polar surface area (TPSA) is 53.1 Å². The van der Waals surface area contributed by atoms with Gasteiger partial charge in [-0.1, -0.05) is 57.0 Å². The molecule has 32 heavy (non-hydrogen) atoms. The van der Waals surface area contributed by atoms with Crippen molar-refractivity contribution in [3.8, 4) is 5.75 Å². The summed E-state index contributed by atoms with van der Waals surface area (Å²) in [6.45, 7) is 9.69. The Balaban J connectivity index is 1.90. The molecule has 0 saturated carbocycles. The number of benzene rings is 1. The molecule has 0 unspecified atom stereocenters. The highest BCUT2D eigenvalue weighted by molar-refractivity contribution is 5.77. The Morgan fingerprint density at radius 2 is 1.78 bits per heavy atom. The van der Waals surface area contributed by atoms with E-state index in [1.165, 1.54) is 0 Å². The number of para-hydroxylation sites is 1. The fraction of sp³-hybridized carbons (Fsp3) is 0.615. The molecule has 0 bridgehead atoms. The summed E-state index contributed by atoms with van der Waals surface area (Å²) in [6.07, 6.45) is 9.37. The van der Waals surface area contributed by atoms with Gasteiger partial charge in [0.05, 0.1) is 7.11 Å². The molecular formula is C26H41N3O3. The third-order valence-electron chi connectivity index (χ3n) is 5.98. The molecule has 1 aliphatic heterocycles. The molecule has 0 aliphatic carbocycles. The van der Waals surface area contributed by atoms with Crippen LogP contribution < -0.4 is 4.74 Å². The molecule has 0 atom stereocenters. The van der Waals surface area contributed by atoms with E-state index in [4.69, 9.17) is 4.74 Å². The number of methoxy groups -OCH3 is 1. The average molecular weight is 444 g/mol. The van der Waals surface area contributed by atoms with Crippen molar-refractivity contribution in [1.29, 1.82) is 0 Å². The summed E-state index contributed by atoms with van der Waals surface area (Å²) in [6, 6.07) is 7.90. The Morgan fingerprint density at radius 1 is 1.03 bits per heavy atom. The van der Waals surface area contributed by atoms with E-state index in [0.29, 0.717) is 25.9 Å². The van der Waals surface area contributed by atoms with Crippen molar-refractivity contribution in [2.24, 2.45) is 0 Å². The second-order valence-electron chi connectivity index (χ2n) is 8.41. The summed E-state index contributed by atoms with van der Waals surface area (Å²) >= 11 is 0. The van der Waals surface area contributed by atoms with Crippen LogP contribution in [0.5, 0.6) is 5.75 Å². The van der Waals surface area contributed by atoms with Crippen molar-refractivity contribution in [1.82, 2.24) is 14.7 Å². The quantitative estimate of drug-likeness (QED) is 0.432. The number of hydrogen-bond donors (Lipinski definition) is 0. The van der Waals surface area contributed by atoms with Crippen LogP contribution in [0.25, 0.3) is 6.08 Å². The second-order valence-corrected chi connectivity index (χ2v) is 8.41. The van der Waals surface area contributed by atoms with Gasteiger partial charge >= 0.3 is 0 Å². The van der Waals surface area contributed by atoms with E-state index in [2.05, 4.69) is 17.9 Å². The van der Waals surface area contributed by atoms with Crippen LogP contribution in [0.3, 0.4) is 0 Å². The lowest BCUT2D eigenvalue weighted by atomic mass is 10.1. The summed E-state index contributed by atoms with van der Waals surface area (Å²) in [5.41, 5.74) is 1.02. The molecule has 0 spiro atoms. The summed E-state index contributed by atoms with van der Waals surface area (Å²) in [5, 5.41) is 0. The molecule has 1 aromatic rings. The molecule has 1 aliphatic rings. The minimum atomic E-state index is 0.222. The molecule has 2 rings (SSSR count). The van der Waals surface area contributed by atoms with Crippen LogP contribution in [0.4, 0.5) is 0 Å². The number of amides is 2. The minimum Gasteiger partial charge on any atom is -0.496 e. The van der Waals surface area contributed by atoms with Gasteiger partial charge in [0.2, 0.25) is 11.8 Å². The number of hydrogen-bond acceptors (Lipinski definition) is 4. The first-order valence-electron chi connectivity index (χ1n) is 12.2. The monoisotopic (exact) mass is 443 g/mol. The Kier molecular flexibility index (Phi) is 11.9. The normalized spacial score (nSPS) is 14.7. The molecule has 1 heterocycles. The highest BCUT2D eigenvalue weighted by Crippen LogP contribution is 2.18. The predicted molar refractivity (Wildman–Crippen MR) is 131 cm³/mol. The highest BCUT2D eigenvalue weighted by Gasteiger charge is 2.21. The zero-order chi connectivity index (χ0) is 23.2. The van der Waals surface area contributed by atoms with Crippen LogP contribution in [0.15, 0.2) is 30.3 Å². The molecule has 0 radical (unpaired) electrons. The van der Waals surface area contributed by atoms with Crippen LogP contribution in [-0.4, -0.2) is 79.4 Å². The number of carbonyl (C=O) groups is 2. The van der Waals surface area contributed by atoms with Gasteiger partial charge < -0.3 is 14.5 Å². The van der Waals surface area contributed by atoms with Gasteiger partial charge in [-0.2, -0.15) is 0 Å². The van der Waals surface area contributed by atoms with E-state index in [1.54, 1.807) is 7.11 Å². The van der Waals surface area contributed by atoms with E-state index in [1.807, 2.05) is 47.1 Å². The van der Waals surface area contributed by atoms with Crippen molar-refractivity contribution < 1.29 is 14.3 Å². The van der Waals surface area contributed by atoms with Crippen molar-refractivity contribution in [2.45, 2.75) is 52.4 Å². The maximum absolute atomic E-state index is 12.9. The Hall–Kier alpha value is -2.34. The Labute approximate surface area is 194 Å². The van der Waals surface area contributed by atoms with Gasteiger partial charge in [0.15, 0.2) is 0 Å². The van der Waals surface area contributed by atoms with Crippen molar-refractivity contribution >= 4 is 17.9 Å². The lowest BCUT2D eigenvalue weighted by molar-refractivity contribution is -0.133. The lowest BCUT2D eigenvalue weighted by Crippen LogP contribution is -2.50. The van der Waals surface area contributed by atoms with Gasteiger partial charge in [0.25, 0.3) is 0 Å². The molecule has 1 aromatic carbocycles. The number of nitrogens with zero attached hydrogens (tertiary/aromatic N) is 3. The van der Waals surface area contributed by atoms with Crippen LogP contribution >= 0.6 is 0 Å².